The maximum absolute atomic E-state index is 13.0. The lowest BCUT2D eigenvalue weighted by atomic mass is 9.91. The summed E-state index contributed by atoms with van der Waals surface area (Å²) < 4.78 is 0. The zero-order valence-corrected chi connectivity index (χ0v) is 12.8. The predicted molar refractivity (Wildman–Crippen MR) is 84.7 cm³/mol. The molecular weight excluding hydrogens is 288 g/mol. The van der Waals surface area contributed by atoms with Crippen LogP contribution >= 0.6 is 0 Å². The van der Waals surface area contributed by atoms with Gasteiger partial charge in [0, 0.05) is 23.3 Å². The lowest BCUT2D eigenvalue weighted by Crippen LogP contribution is -2.44. The van der Waals surface area contributed by atoms with Gasteiger partial charge in [-0.2, -0.15) is 10.4 Å². The predicted octanol–water partition coefficient (Wildman–Crippen LogP) is 2.44. The summed E-state index contributed by atoms with van der Waals surface area (Å²) in [5, 5.41) is 16.1. The second-order valence-electron chi connectivity index (χ2n) is 6.40. The van der Waals surface area contributed by atoms with Crippen molar-refractivity contribution < 1.29 is 4.79 Å². The van der Waals surface area contributed by atoms with Gasteiger partial charge in [-0.3, -0.25) is 9.89 Å². The van der Waals surface area contributed by atoms with Crippen molar-refractivity contribution in [2.24, 2.45) is 0 Å². The molecule has 4 rings (SSSR count). The zero-order valence-electron chi connectivity index (χ0n) is 12.8. The van der Waals surface area contributed by atoms with Gasteiger partial charge in [0.15, 0.2) is 0 Å². The summed E-state index contributed by atoms with van der Waals surface area (Å²) in [5.74, 6) is 0.0916. The first-order chi connectivity index (χ1) is 11.3. The van der Waals surface area contributed by atoms with Gasteiger partial charge in [-0.1, -0.05) is 0 Å². The number of aromatic amines is 1. The van der Waals surface area contributed by atoms with Crippen molar-refractivity contribution in [3.8, 4) is 6.07 Å². The van der Waals surface area contributed by atoms with Gasteiger partial charge in [0.1, 0.15) is 0 Å². The van der Waals surface area contributed by atoms with E-state index in [1.165, 1.54) is 11.3 Å². The van der Waals surface area contributed by atoms with Crippen LogP contribution in [0.1, 0.15) is 46.4 Å². The van der Waals surface area contributed by atoms with Crippen molar-refractivity contribution >= 4 is 5.91 Å². The molecule has 5 nitrogen and oxygen atoms in total. The Balaban J connectivity index is 1.58. The summed E-state index contributed by atoms with van der Waals surface area (Å²) in [4.78, 5) is 15.1. The van der Waals surface area contributed by atoms with Crippen LogP contribution in [0.15, 0.2) is 30.5 Å². The molecule has 1 amide bonds. The van der Waals surface area contributed by atoms with Gasteiger partial charge in [0.25, 0.3) is 5.91 Å². The monoisotopic (exact) mass is 306 g/mol. The van der Waals surface area contributed by atoms with Gasteiger partial charge in [-0.15, -0.1) is 0 Å². The van der Waals surface area contributed by atoms with Crippen molar-refractivity contribution in [1.29, 1.82) is 5.26 Å². The SMILES string of the molecule is N#Cc1ccc(C(=O)N(C2CC2)C2CCc3[nH]ncc3C2)cc1. The van der Waals surface area contributed by atoms with E-state index >= 15 is 0 Å². The molecule has 0 saturated heterocycles. The summed E-state index contributed by atoms with van der Waals surface area (Å²) in [6.07, 6.45) is 6.88. The van der Waals surface area contributed by atoms with Crippen LogP contribution in [-0.4, -0.2) is 33.1 Å². The maximum atomic E-state index is 13.0. The fourth-order valence-corrected chi connectivity index (χ4v) is 3.45. The molecule has 1 saturated carbocycles. The average molecular weight is 306 g/mol. The summed E-state index contributed by atoms with van der Waals surface area (Å²) >= 11 is 0. The van der Waals surface area contributed by atoms with Crippen molar-refractivity contribution in [3.63, 3.8) is 0 Å². The normalized spacial score (nSPS) is 19.7. The number of nitrogens with one attached hydrogen (secondary N) is 1. The summed E-state index contributed by atoms with van der Waals surface area (Å²) in [6.45, 7) is 0. The molecule has 2 aliphatic rings. The number of hydrogen-bond donors (Lipinski definition) is 1. The van der Waals surface area contributed by atoms with Gasteiger partial charge in [0.2, 0.25) is 0 Å². The smallest absolute Gasteiger partial charge is 0.254 e. The quantitative estimate of drug-likeness (QED) is 0.946. The van der Waals surface area contributed by atoms with Crippen LogP contribution in [0.25, 0.3) is 0 Å². The number of fused-ring (bicyclic) bond motifs is 1. The Morgan fingerprint density at radius 3 is 2.70 bits per heavy atom. The molecule has 1 unspecified atom stereocenters. The van der Waals surface area contributed by atoms with E-state index in [1.54, 1.807) is 24.3 Å². The van der Waals surface area contributed by atoms with Crippen LogP contribution in [-0.2, 0) is 12.8 Å². The first-order valence-electron chi connectivity index (χ1n) is 8.10. The standard InChI is InChI=1S/C18H18N4O/c19-10-12-1-3-13(4-2-12)18(23)22(15-5-6-15)16-7-8-17-14(9-16)11-20-21-17/h1-4,11,15-16H,5-9H2,(H,20,21). The van der Waals surface area contributed by atoms with Gasteiger partial charge in [-0.25, -0.2) is 0 Å². The number of rotatable bonds is 3. The van der Waals surface area contributed by atoms with Crippen LogP contribution in [0.5, 0.6) is 0 Å². The highest BCUT2D eigenvalue weighted by Crippen LogP contribution is 2.34. The Labute approximate surface area is 134 Å². The van der Waals surface area contributed by atoms with Gasteiger partial charge >= 0.3 is 0 Å². The number of benzene rings is 1. The van der Waals surface area contributed by atoms with E-state index < -0.39 is 0 Å². The number of carbonyl (C=O) groups is 1. The second-order valence-corrected chi connectivity index (χ2v) is 6.40. The molecular formula is C18H18N4O. The van der Waals surface area contributed by atoms with Crippen LogP contribution < -0.4 is 0 Å². The van der Waals surface area contributed by atoms with Crippen molar-refractivity contribution in [2.45, 2.75) is 44.2 Å². The van der Waals surface area contributed by atoms with Crippen LogP contribution in [0.2, 0.25) is 0 Å². The van der Waals surface area contributed by atoms with Gasteiger partial charge < -0.3 is 4.90 Å². The number of nitriles is 1. The summed E-state index contributed by atoms with van der Waals surface area (Å²) in [7, 11) is 0. The number of nitrogens with zero attached hydrogens (tertiary/aromatic N) is 3. The summed E-state index contributed by atoms with van der Waals surface area (Å²) in [5.41, 5.74) is 3.71. The first kappa shape index (κ1) is 14.0. The molecule has 116 valence electrons. The Morgan fingerprint density at radius 2 is 2.00 bits per heavy atom. The highest BCUT2D eigenvalue weighted by atomic mass is 16.2. The third-order valence-electron chi connectivity index (χ3n) is 4.82. The molecule has 1 aromatic carbocycles. The van der Waals surface area contributed by atoms with Gasteiger partial charge in [-0.05, 0) is 61.9 Å². The lowest BCUT2D eigenvalue weighted by molar-refractivity contribution is 0.0643. The molecule has 23 heavy (non-hydrogen) atoms. The van der Waals surface area contributed by atoms with Crippen molar-refractivity contribution in [3.05, 3.63) is 52.8 Å². The molecule has 2 aliphatic carbocycles. The number of aryl methyl sites for hydroxylation is 1. The lowest BCUT2D eigenvalue weighted by Gasteiger charge is -2.34. The molecule has 0 spiro atoms. The second kappa shape index (κ2) is 5.54. The minimum Gasteiger partial charge on any atom is -0.332 e. The number of H-pyrrole nitrogens is 1. The molecule has 1 heterocycles. The number of aromatic nitrogens is 2. The fraction of sp³-hybridized carbons (Fsp3) is 0.389. The largest absolute Gasteiger partial charge is 0.332 e. The van der Waals surface area contributed by atoms with E-state index in [0.29, 0.717) is 17.2 Å². The molecule has 0 aliphatic heterocycles. The maximum Gasteiger partial charge on any atom is 0.254 e. The van der Waals surface area contributed by atoms with E-state index in [0.717, 1.165) is 32.1 Å². The zero-order chi connectivity index (χ0) is 15.8. The van der Waals surface area contributed by atoms with Crippen molar-refractivity contribution in [1.82, 2.24) is 15.1 Å². The molecule has 0 bridgehead atoms. The fourth-order valence-electron chi connectivity index (χ4n) is 3.45. The Kier molecular flexibility index (Phi) is 3.38. The highest BCUT2D eigenvalue weighted by Gasteiger charge is 2.39. The molecule has 0 radical (unpaired) electrons. The van der Waals surface area contributed by atoms with Crippen molar-refractivity contribution in [2.75, 3.05) is 0 Å². The Bertz CT molecular complexity index is 767. The molecule has 1 N–H and O–H groups in total. The molecule has 1 atom stereocenters. The minimum absolute atomic E-state index is 0.0916. The van der Waals surface area contributed by atoms with Crippen LogP contribution in [0.3, 0.4) is 0 Å². The minimum atomic E-state index is 0.0916. The highest BCUT2D eigenvalue weighted by molar-refractivity contribution is 5.95. The Morgan fingerprint density at radius 1 is 1.22 bits per heavy atom. The van der Waals surface area contributed by atoms with E-state index in [1.807, 2.05) is 6.20 Å². The van der Waals surface area contributed by atoms with E-state index in [4.69, 9.17) is 5.26 Å². The third-order valence-corrected chi connectivity index (χ3v) is 4.82. The third kappa shape index (κ3) is 2.61. The Hall–Kier alpha value is -2.61. The van der Waals surface area contributed by atoms with E-state index in [-0.39, 0.29) is 11.9 Å². The van der Waals surface area contributed by atoms with E-state index in [2.05, 4.69) is 21.2 Å². The van der Waals surface area contributed by atoms with Crippen LogP contribution in [0, 0.1) is 11.3 Å². The topological polar surface area (TPSA) is 72.8 Å². The molecule has 1 fully saturated rings. The average Bonchev–Trinajstić information content (AvgIpc) is 3.31. The summed E-state index contributed by atoms with van der Waals surface area (Å²) in [6, 6.07) is 9.68. The number of carbonyl (C=O) groups excluding carboxylic acids is 1. The van der Waals surface area contributed by atoms with Gasteiger partial charge in [0.05, 0.1) is 17.8 Å². The first-order valence-corrected chi connectivity index (χ1v) is 8.10. The van der Waals surface area contributed by atoms with Crippen LogP contribution in [0.4, 0.5) is 0 Å². The number of hydrogen-bond acceptors (Lipinski definition) is 3. The molecule has 2 aromatic rings. The van der Waals surface area contributed by atoms with E-state index in [9.17, 15) is 4.79 Å². The molecule has 5 heteroatoms. The number of amides is 1. The molecule has 1 aromatic heterocycles.